The molecule has 1 fully saturated rings. The Hall–Kier alpha value is -2.10. The van der Waals surface area contributed by atoms with E-state index in [1.165, 1.54) is 5.56 Å². The van der Waals surface area contributed by atoms with Crippen molar-refractivity contribution in [3.8, 4) is 0 Å². The number of aryl methyl sites for hydroxylation is 1. The second-order valence-corrected chi connectivity index (χ2v) is 6.62. The number of nitrogens with one attached hydrogen (secondary N) is 1. The van der Waals surface area contributed by atoms with Crippen molar-refractivity contribution in [1.82, 2.24) is 10.2 Å². The van der Waals surface area contributed by atoms with Gasteiger partial charge < -0.3 is 10.2 Å². The maximum absolute atomic E-state index is 12.4. The molecule has 2 atom stereocenters. The van der Waals surface area contributed by atoms with Crippen LogP contribution < -0.4 is 5.32 Å². The van der Waals surface area contributed by atoms with Gasteiger partial charge in [0.25, 0.3) is 0 Å². The molecule has 1 saturated heterocycles. The number of carbonyl (C=O) groups excluding carboxylic acids is 2. The molecule has 1 N–H and O–H groups in total. The number of rotatable bonds is 5. The Morgan fingerprint density at radius 3 is 2.74 bits per heavy atom. The van der Waals surface area contributed by atoms with Crippen molar-refractivity contribution in [2.75, 3.05) is 6.54 Å². The fourth-order valence-electron chi connectivity index (χ4n) is 3.30. The monoisotopic (exact) mass is 312 g/mol. The molecule has 4 heteroatoms. The molecular weight excluding hydrogens is 288 g/mol. The first-order valence-electron chi connectivity index (χ1n) is 8.42. The van der Waals surface area contributed by atoms with Gasteiger partial charge in [-0.2, -0.15) is 0 Å². The van der Waals surface area contributed by atoms with E-state index in [2.05, 4.69) is 48.7 Å². The van der Waals surface area contributed by atoms with Gasteiger partial charge in [-0.1, -0.05) is 42.0 Å². The van der Waals surface area contributed by atoms with Crippen LogP contribution in [0.4, 0.5) is 0 Å². The zero-order valence-corrected chi connectivity index (χ0v) is 13.6. The third-order valence-electron chi connectivity index (χ3n) is 4.69. The Labute approximate surface area is 137 Å². The lowest BCUT2D eigenvalue weighted by molar-refractivity contribution is -0.133. The number of nitrogens with zero attached hydrogens (tertiary/aromatic N) is 1. The quantitative estimate of drug-likeness (QED) is 0.850. The third-order valence-corrected chi connectivity index (χ3v) is 4.69. The van der Waals surface area contributed by atoms with E-state index in [1.807, 2.05) is 4.90 Å². The fourth-order valence-corrected chi connectivity index (χ4v) is 3.30. The predicted molar refractivity (Wildman–Crippen MR) is 89.6 cm³/mol. The van der Waals surface area contributed by atoms with Crippen LogP contribution in [0.15, 0.2) is 36.4 Å². The van der Waals surface area contributed by atoms with Crippen LogP contribution in [-0.2, 0) is 16.1 Å². The average Bonchev–Trinajstić information content (AvgIpc) is 3.14. The maximum Gasteiger partial charge on any atom is 0.245 e. The van der Waals surface area contributed by atoms with E-state index in [-0.39, 0.29) is 17.9 Å². The Bertz CT molecular complexity index is 606. The molecule has 2 aliphatic rings. The van der Waals surface area contributed by atoms with Crippen LogP contribution in [0.2, 0.25) is 0 Å². The van der Waals surface area contributed by atoms with Crippen molar-refractivity contribution < 1.29 is 9.59 Å². The maximum atomic E-state index is 12.4. The standard InChI is InChI=1S/C19H24N2O2/c1-14-6-8-16(9-7-14)13-21-11-10-17(19(21)23)20-18(22)12-15-4-2-3-5-15/h2,4,6-9,15,17H,3,5,10-13H2,1H3,(H,20,22)/t15-,17-/m0/s1. The summed E-state index contributed by atoms with van der Waals surface area (Å²) in [5.74, 6) is 0.383. The van der Waals surface area contributed by atoms with Crippen molar-refractivity contribution in [2.24, 2.45) is 5.92 Å². The van der Waals surface area contributed by atoms with Gasteiger partial charge in [0.05, 0.1) is 0 Å². The summed E-state index contributed by atoms with van der Waals surface area (Å²) in [5, 5.41) is 2.92. The number of amides is 2. The Morgan fingerprint density at radius 2 is 2.04 bits per heavy atom. The molecule has 0 saturated carbocycles. The van der Waals surface area contributed by atoms with Gasteiger partial charge in [-0.05, 0) is 37.7 Å². The zero-order chi connectivity index (χ0) is 16.2. The molecular formula is C19H24N2O2. The van der Waals surface area contributed by atoms with Crippen molar-refractivity contribution in [1.29, 1.82) is 0 Å². The van der Waals surface area contributed by atoms with Gasteiger partial charge in [-0.3, -0.25) is 9.59 Å². The second kappa shape index (κ2) is 6.99. The van der Waals surface area contributed by atoms with Gasteiger partial charge >= 0.3 is 0 Å². The van der Waals surface area contributed by atoms with Gasteiger partial charge in [0.1, 0.15) is 6.04 Å². The number of benzene rings is 1. The lowest BCUT2D eigenvalue weighted by Gasteiger charge is -2.18. The second-order valence-electron chi connectivity index (χ2n) is 6.62. The molecule has 1 aliphatic heterocycles. The molecule has 0 bridgehead atoms. The fraction of sp³-hybridized carbons (Fsp3) is 0.474. The van der Waals surface area contributed by atoms with Gasteiger partial charge in [0.15, 0.2) is 0 Å². The van der Waals surface area contributed by atoms with Gasteiger partial charge in [0.2, 0.25) is 11.8 Å². The van der Waals surface area contributed by atoms with E-state index in [0.29, 0.717) is 31.8 Å². The Morgan fingerprint density at radius 1 is 1.26 bits per heavy atom. The van der Waals surface area contributed by atoms with Crippen LogP contribution in [0.1, 0.15) is 36.8 Å². The molecule has 0 unspecified atom stereocenters. The largest absolute Gasteiger partial charge is 0.344 e. The highest BCUT2D eigenvalue weighted by atomic mass is 16.2. The van der Waals surface area contributed by atoms with Crippen LogP contribution >= 0.6 is 0 Å². The summed E-state index contributed by atoms with van der Waals surface area (Å²) in [4.78, 5) is 26.4. The summed E-state index contributed by atoms with van der Waals surface area (Å²) in [7, 11) is 0. The van der Waals surface area contributed by atoms with Crippen LogP contribution in [0.5, 0.6) is 0 Å². The summed E-state index contributed by atoms with van der Waals surface area (Å²) in [6.45, 7) is 3.38. The minimum absolute atomic E-state index is 0.00270. The smallest absolute Gasteiger partial charge is 0.245 e. The van der Waals surface area contributed by atoms with Gasteiger partial charge in [0, 0.05) is 19.5 Å². The third kappa shape index (κ3) is 4.01. The summed E-state index contributed by atoms with van der Waals surface area (Å²) in [5.41, 5.74) is 2.35. The SMILES string of the molecule is Cc1ccc(CN2CC[C@H](NC(=O)C[C@H]3C=CCC3)C2=O)cc1. The highest BCUT2D eigenvalue weighted by Gasteiger charge is 2.32. The van der Waals surface area contributed by atoms with E-state index in [0.717, 1.165) is 18.4 Å². The molecule has 1 aromatic rings. The number of carbonyl (C=O) groups is 2. The molecule has 1 heterocycles. The molecule has 2 amide bonds. The van der Waals surface area contributed by atoms with Crippen LogP contribution in [0, 0.1) is 12.8 Å². The molecule has 3 rings (SSSR count). The minimum atomic E-state index is -0.349. The van der Waals surface area contributed by atoms with Crippen LogP contribution in [0.25, 0.3) is 0 Å². The topological polar surface area (TPSA) is 49.4 Å². The van der Waals surface area contributed by atoms with E-state index >= 15 is 0 Å². The molecule has 1 aromatic carbocycles. The predicted octanol–water partition coefficient (Wildman–Crippen LogP) is 2.57. The van der Waals surface area contributed by atoms with Gasteiger partial charge in [-0.15, -0.1) is 0 Å². The summed E-state index contributed by atoms with van der Waals surface area (Å²) < 4.78 is 0. The molecule has 0 spiro atoms. The molecule has 4 nitrogen and oxygen atoms in total. The summed E-state index contributed by atoms with van der Waals surface area (Å²) in [6, 6.07) is 7.88. The number of hydrogen-bond donors (Lipinski definition) is 1. The average molecular weight is 312 g/mol. The minimum Gasteiger partial charge on any atom is -0.344 e. The zero-order valence-electron chi connectivity index (χ0n) is 13.6. The van der Waals surface area contributed by atoms with E-state index in [9.17, 15) is 9.59 Å². The first kappa shape index (κ1) is 15.8. The summed E-state index contributed by atoms with van der Waals surface area (Å²) in [6.07, 6.45) is 7.55. The number of likely N-dealkylation sites (tertiary alicyclic amines) is 1. The number of hydrogen-bond acceptors (Lipinski definition) is 2. The molecule has 0 aromatic heterocycles. The first-order chi connectivity index (χ1) is 11.1. The van der Waals surface area contributed by atoms with Crippen molar-refractivity contribution in [3.63, 3.8) is 0 Å². The van der Waals surface area contributed by atoms with Crippen LogP contribution in [0.3, 0.4) is 0 Å². The van der Waals surface area contributed by atoms with E-state index in [4.69, 9.17) is 0 Å². The Kier molecular flexibility index (Phi) is 4.79. The van der Waals surface area contributed by atoms with Crippen LogP contribution in [-0.4, -0.2) is 29.3 Å². The number of allylic oxidation sites excluding steroid dienone is 2. The van der Waals surface area contributed by atoms with E-state index in [1.54, 1.807) is 0 Å². The molecule has 1 aliphatic carbocycles. The van der Waals surface area contributed by atoms with Gasteiger partial charge in [-0.25, -0.2) is 0 Å². The molecule has 0 radical (unpaired) electrons. The normalized spacial score (nSPS) is 23.5. The Balaban J connectivity index is 1.50. The first-order valence-corrected chi connectivity index (χ1v) is 8.42. The van der Waals surface area contributed by atoms with Crippen molar-refractivity contribution in [3.05, 3.63) is 47.5 Å². The molecule has 122 valence electrons. The van der Waals surface area contributed by atoms with Crippen molar-refractivity contribution >= 4 is 11.8 Å². The lowest BCUT2D eigenvalue weighted by atomic mass is 10.0. The van der Waals surface area contributed by atoms with Crippen molar-refractivity contribution in [2.45, 2.75) is 45.2 Å². The highest BCUT2D eigenvalue weighted by Crippen LogP contribution is 2.21. The van der Waals surface area contributed by atoms with E-state index < -0.39 is 0 Å². The lowest BCUT2D eigenvalue weighted by Crippen LogP contribution is -2.41. The molecule has 23 heavy (non-hydrogen) atoms. The summed E-state index contributed by atoms with van der Waals surface area (Å²) >= 11 is 0. The highest BCUT2D eigenvalue weighted by molar-refractivity contribution is 5.89.